The van der Waals surface area contributed by atoms with Gasteiger partial charge in [-0.05, 0) is 26.8 Å². The summed E-state index contributed by atoms with van der Waals surface area (Å²) < 4.78 is 5.37. The monoisotopic (exact) mass is 294 g/mol. The fraction of sp³-hybridized carbons (Fsp3) is 0.643. The summed E-state index contributed by atoms with van der Waals surface area (Å²) >= 11 is 0. The first-order valence-corrected chi connectivity index (χ1v) is 7.04. The topological polar surface area (TPSA) is 78.8 Å². The number of piperazine rings is 1. The molecule has 0 aromatic carbocycles. The Kier molecular flexibility index (Phi) is 4.62. The summed E-state index contributed by atoms with van der Waals surface area (Å²) in [4.78, 5) is 15.8. The lowest BCUT2D eigenvalue weighted by Gasteiger charge is -2.36. The molecule has 2 rings (SSSR count). The van der Waals surface area contributed by atoms with Gasteiger partial charge in [0.15, 0.2) is 0 Å². The highest BCUT2D eigenvalue weighted by Gasteiger charge is 2.26. The average Bonchev–Trinajstić information content (AvgIpc) is 2.46. The fourth-order valence-corrected chi connectivity index (χ4v) is 2.12. The van der Waals surface area contributed by atoms with Gasteiger partial charge in [-0.25, -0.2) is 4.79 Å². The molecule has 0 bridgehead atoms. The second kappa shape index (κ2) is 6.26. The van der Waals surface area contributed by atoms with Crippen LogP contribution in [0.2, 0.25) is 0 Å². The Balaban J connectivity index is 1.92. The van der Waals surface area contributed by atoms with Crippen molar-refractivity contribution in [2.75, 3.05) is 31.1 Å². The second-order valence-electron chi connectivity index (χ2n) is 6.02. The van der Waals surface area contributed by atoms with Gasteiger partial charge in [0.05, 0.1) is 24.2 Å². The molecule has 0 aliphatic carbocycles. The van der Waals surface area contributed by atoms with Crippen LogP contribution in [0.4, 0.5) is 10.5 Å². The number of amides is 1. The Morgan fingerprint density at radius 2 is 2.00 bits per heavy atom. The first-order valence-electron chi connectivity index (χ1n) is 7.04. The molecule has 1 saturated heterocycles. The van der Waals surface area contributed by atoms with Gasteiger partial charge in [0.2, 0.25) is 0 Å². The molecule has 1 N–H and O–H groups in total. The van der Waals surface area contributed by atoms with Crippen molar-refractivity contribution in [2.45, 2.75) is 33.0 Å². The number of anilines is 1. The van der Waals surface area contributed by atoms with E-state index in [4.69, 9.17) is 9.84 Å². The van der Waals surface area contributed by atoms with Gasteiger partial charge in [-0.1, -0.05) is 0 Å². The van der Waals surface area contributed by atoms with E-state index in [0.717, 1.165) is 5.69 Å². The normalized spacial score (nSPS) is 16.0. The molecule has 21 heavy (non-hydrogen) atoms. The van der Waals surface area contributed by atoms with Gasteiger partial charge in [0.1, 0.15) is 5.60 Å². The molecule has 0 unspecified atom stereocenters. The zero-order chi connectivity index (χ0) is 15.5. The molecule has 1 aliphatic rings. The van der Waals surface area contributed by atoms with Gasteiger partial charge in [-0.15, -0.1) is 0 Å². The molecule has 116 valence electrons. The van der Waals surface area contributed by atoms with E-state index in [0.29, 0.717) is 31.9 Å². The molecule has 0 atom stereocenters. The van der Waals surface area contributed by atoms with Crippen molar-refractivity contribution in [1.82, 2.24) is 15.1 Å². The Labute approximate surface area is 124 Å². The zero-order valence-corrected chi connectivity index (χ0v) is 12.7. The molecule has 0 spiro atoms. The van der Waals surface area contributed by atoms with Crippen molar-refractivity contribution in [2.24, 2.45) is 0 Å². The van der Waals surface area contributed by atoms with Crippen LogP contribution in [0.1, 0.15) is 26.5 Å². The Morgan fingerprint density at radius 1 is 1.33 bits per heavy atom. The quantitative estimate of drug-likeness (QED) is 0.877. The maximum absolute atomic E-state index is 12.0. The van der Waals surface area contributed by atoms with Crippen molar-refractivity contribution in [1.29, 1.82) is 0 Å². The lowest BCUT2D eigenvalue weighted by atomic mass is 10.2. The van der Waals surface area contributed by atoms with Gasteiger partial charge in [-0.3, -0.25) is 0 Å². The lowest BCUT2D eigenvalue weighted by Crippen LogP contribution is -2.50. The van der Waals surface area contributed by atoms with Crippen LogP contribution in [0.5, 0.6) is 0 Å². The number of aromatic nitrogens is 2. The molecule has 1 aromatic rings. The maximum atomic E-state index is 12.0. The summed E-state index contributed by atoms with van der Waals surface area (Å²) in [5.41, 5.74) is 0.985. The van der Waals surface area contributed by atoms with Gasteiger partial charge in [0.25, 0.3) is 0 Å². The summed E-state index contributed by atoms with van der Waals surface area (Å²) in [6, 6.07) is 1.82. The van der Waals surface area contributed by atoms with Crippen LogP contribution in [-0.4, -0.2) is 58.1 Å². The molecular formula is C14H22N4O3. The summed E-state index contributed by atoms with van der Waals surface area (Å²) in [7, 11) is 0. The fourth-order valence-electron chi connectivity index (χ4n) is 2.12. The minimum absolute atomic E-state index is 0.126. The van der Waals surface area contributed by atoms with E-state index in [1.54, 1.807) is 11.1 Å². The Hall–Kier alpha value is -1.89. The lowest BCUT2D eigenvalue weighted by molar-refractivity contribution is 0.0240. The van der Waals surface area contributed by atoms with Crippen molar-refractivity contribution in [3.63, 3.8) is 0 Å². The van der Waals surface area contributed by atoms with Crippen molar-refractivity contribution in [3.05, 3.63) is 18.0 Å². The Morgan fingerprint density at radius 3 is 2.57 bits per heavy atom. The van der Waals surface area contributed by atoms with Crippen LogP contribution in [0.25, 0.3) is 0 Å². The third-order valence-electron chi connectivity index (χ3n) is 3.15. The highest BCUT2D eigenvalue weighted by atomic mass is 16.6. The Bertz CT molecular complexity index is 493. The van der Waals surface area contributed by atoms with E-state index in [1.807, 2.05) is 26.8 Å². The van der Waals surface area contributed by atoms with Crippen molar-refractivity contribution in [3.8, 4) is 0 Å². The van der Waals surface area contributed by atoms with Crippen LogP contribution in [0.15, 0.2) is 12.3 Å². The molecule has 1 aliphatic heterocycles. The van der Waals surface area contributed by atoms with Gasteiger partial charge in [-0.2, -0.15) is 10.2 Å². The summed E-state index contributed by atoms with van der Waals surface area (Å²) in [6.07, 6.45) is 1.40. The van der Waals surface area contributed by atoms with E-state index in [9.17, 15) is 4.79 Å². The van der Waals surface area contributed by atoms with Crippen molar-refractivity contribution >= 4 is 11.8 Å². The summed E-state index contributed by atoms with van der Waals surface area (Å²) in [5.74, 6) is 0. The minimum atomic E-state index is -0.473. The number of rotatable bonds is 2. The van der Waals surface area contributed by atoms with Gasteiger partial charge >= 0.3 is 6.09 Å². The number of hydrogen-bond donors (Lipinski definition) is 1. The number of aliphatic hydroxyl groups is 1. The maximum Gasteiger partial charge on any atom is 0.410 e. The average molecular weight is 294 g/mol. The molecule has 2 heterocycles. The molecule has 0 radical (unpaired) electrons. The molecule has 7 heteroatoms. The van der Waals surface area contributed by atoms with Crippen LogP contribution >= 0.6 is 0 Å². The smallest absolute Gasteiger partial charge is 0.410 e. The molecule has 1 fully saturated rings. The summed E-state index contributed by atoms with van der Waals surface area (Å²) in [6.45, 7) is 8.07. The third kappa shape index (κ3) is 4.29. The molecule has 0 saturated carbocycles. The number of aliphatic hydroxyl groups excluding tert-OH is 1. The number of hydrogen-bond acceptors (Lipinski definition) is 6. The SMILES string of the molecule is CC(C)(C)OC(=O)N1CCN(c2cnnc(CO)c2)CC1. The van der Waals surface area contributed by atoms with Crippen LogP contribution < -0.4 is 4.90 Å². The molecule has 1 aromatic heterocycles. The van der Waals surface area contributed by atoms with Crippen LogP contribution in [0, 0.1) is 0 Å². The van der Waals surface area contributed by atoms with Crippen LogP contribution in [-0.2, 0) is 11.3 Å². The zero-order valence-electron chi connectivity index (χ0n) is 12.7. The third-order valence-corrected chi connectivity index (χ3v) is 3.15. The van der Waals surface area contributed by atoms with Crippen LogP contribution in [0.3, 0.4) is 0 Å². The standard InChI is InChI=1S/C14H22N4O3/c1-14(2,3)21-13(20)18-6-4-17(5-7-18)12-8-11(10-19)16-15-9-12/h8-9,19H,4-7,10H2,1-3H3. The molecular weight excluding hydrogens is 272 g/mol. The molecule has 7 nitrogen and oxygen atoms in total. The highest BCUT2D eigenvalue weighted by Crippen LogP contribution is 2.17. The first-order chi connectivity index (χ1) is 9.89. The minimum Gasteiger partial charge on any atom is -0.444 e. The predicted octanol–water partition coefficient (Wildman–Crippen LogP) is 1.03. The van der Waals surface area contributed by atoms with Gasteiger partial charge in [0, 0.05) is 26.2 Å². The predicted molar refractivity (Wildman–Crippen MR) is 78.0 cm³/mol. The number of carbonyl (C=O) groups excluding carboxylic acids is 1. The number of nitrogens with zero attached hydrogens (tertiary/aromatic N) is 4. The number of ether oxygens (including phenoxy) is 1. The largest absolute Gasteiger partial charge is 0.444 e. The van der Waals surface area contributed by atoms with E-state index in [2.05, 4.69) is 15.1 Å². The second-order valence-corrected chi connectivity index (χ2v) is 6.02. The molecule has 1 amide bonds. The highest BCUT2D eigenvalue weighted by molar-refractivity contribution is 5.68. The van der Waals surface area contributed by atoms with E-state index in [-0.39, 0.29) is 12.7 Å². The van der Waals surface area contributed by atoms with E-state index < -0.39 is 5.60 Å². The van der Waals surface area contributed by atoms with E-state index in [1.165, 1.54) is 0 Å². The van der Waals surface area contributed by atoms with Crippen molar-refractivity contribution < 1.29 is 14.6 Å². The van der Waals surface area contributed by atoms with Gasteiger partial charge < -0.3 is 19.6 Å². The first kappa shape index (κ1) is 15.5. The summed E-state index contributed by atoms with van der Waals surface area (Å²) in [5, 5.41) is 16.8. The van der Waals surface area contributed by atoms with E-state index >= 15 is 0 Å². The number of carbonyl (C=O) groups is 1.